The topological polar surface area (TPSA) is 52.6 Å². The second-order valence-corrected chi connectivity index (χ2v) is 6.39. The highest BCUT2D eigenvalue weighted by Crippen LogP contribution is 2.61. The van der Waals surface area contributed by atoms with Gasteiger partial charge < -0.3 is 9.47 Å². The Bertz CT molecular complexity index is 587. The van der Waals surface area contributed by atoms with Crippen molar-refractivity contribution in [3.8, 4) is 0 Å². The molecule has 0 amide bonds. The number of esters is 1. The molecule has 2 bridgehead atoms. The van der Waals surface area contributed by atoms with Crippen LogP contribution in [0.3, 0.4) is 0 Å². The minimum absolute atomic E-state index is 0.141. The molecule has 19 heavy (non-hydrogen) atoms. The molecule has 100 valence electrons. The van der Waals surface area contributed by atoms with E-state index in [4.69, 9.17) is 9.47 Å². The first kappa shape index (κ1) is 11.4. The Morgan fingerprint density at radius 1 is 1.37 bits per heavy atom. The van der Waals surface area contributed by atoms with Gasteiger partial charge in [0.25, 0.3) is 0 Å². The lowest BCUT2D eigenvalue weighted by molar-refractivity contribution is -0.139. The molecule has 0 aromatic heterocycles. The van der Waals surface area contributed by atoms with Crippen LogP contribution in [0.5, 0.6) is 0 Å². The van der Waals surface area contributed by atoms with E-state index in [1.54, 1.807) is 0 Å². The molecule has 0 saturated carbocycles. The molecule has 1 aliphatic carbocycles. The lowest BCUT2D eigenvalue weighted by atomic mass is 9.78. The van der Waals surface area contributed by atoms with Gasteiger partial charge in [-0.2, -0.15) is 0 Å². The number of allylic oxidation sites excluding steroid dienone is 1. The van der Waals surface area contributed by atoms with Crippen molar-refractivity contribution in [3.63, 3.8) is 0 Å². The second-order valence-electron chi connectivity index (χ2n) is 6.39. The molecule has 0 N–H and O–H groups in total. The Balaban J connectivity index is 1.89. The quantitative estimate of drug-likeness (QED) is 0.491. The average Bonchev–Trinajstić information content (AvgIpc) is 2.84. The number of carbonyl (C=O) groups is 2. The van der Waals surface area contributed by atoms with Crippen LogP contribution >= 0.6 is 0 Å². The number of ether oxygens (including phenoxy) is 2. The van der Waals surface area contributed by atoms with E-state index in [0.717, 1.165) is 11.1 Å². The van der Waals surface area contributed by atoms with Crippen molar-refractivity contribution in [2.45, 2.75) is 50.4 Å². The van der Waals surface area contributed by atoms with Crippen molar-refractivity contribution in [1.29, 1.82) is 0 Å². The van der Waals surface area contributed by atoms with Gasteiger partial charge >= 0.3 is 5.97 Å². The Hall–Kier alpha value is -1.42. The normalized spacial score (nSPS) is 47.6. The molecule has 4 rings (SSSR count). The minimum atomic E-state index is -0.719. The highest BCUT2D eigenvalue weighted by molar-refractivity contribution is 5.99. The Morgan fingerprint density at radius 2 is 2.11 bits per heavy atom. The van der Waals surface area contributed by atoms with E-state index >= 15 is 0 Å². The monoisotopic (exact) mass is 260 g/mol. The average molecular weight is 260 g/mol. The number of carbonyl (C=O) groups excluding carboxylic acids is 2. The highest BCUT2D eigenvalue weighted by Gasteiger charge is 2.69. The van der Waals surface area contributed by atoms with Crippen LogP contribution in [0.15, 0.2) is 23.3 Å². The van der Waals surface area contributed by atoms with E-state index < -0.39 is 11.2 Å². The molecule has 4 aliphatic rings. The number of hydrogen-bond acceptors (Lipinski definition) is 4. The number of fused-ring (bicyclic) bond motifs is 3. The zero-order chi connectivity index (χ0) is 13.6. The third-order valence-corrected chi connectivity index (χ3v) is 5.43. The predicted molar refractivity (Wildman–Crippen MR) is 66.3 cm³/mol. The maximum atomic E-state index is 12.0. The number of ketones is 1. The molecule has 3 saturated heterocycles. The van der Waals surface area contributed by atoms with E-state index in [9.17, 15) is 9.59 Å². The van der Waals surface area contributed by atoms with E-state index in [1.807, 2.05) is 13.8 Å². The molecular weight excluding hydrogens is 244 g/mol. The fraction of sp³-hybridized carbons (Fsp3) is 0.600. The number of rotatable bonds is 0. The van der Waals surface area contributed by atoms with Crippen molar-refractivity contribution in [2.24, 2.45) is 5.92 Å². The van der Waals surface area contributed by atoms with E-state index in [1.165, 1.54) is 0 Å². The van der Waals surface area contributed by atoms with Gasteiger partial charge in [-0.05, 0) is 19.4 Å². The van der Waals surface area contributed by atoms with Crippen molar-refractivity contribution in [2.75, 3.05) is 0 Å². The smallest absolute Gasteiger partial charge is 0.336 e. The highest BCUT2D eigenvalue weighted by atomic mass is 16.6. The SMILES string of the molecule is C=C1C(=O)O[C@H]2C[C@@]3(C)O[C@@]12CC1=C(C)C(=O)C[C@H]13. The molecule has 0 unspecified atom stereocenters. The van der Waals surface area contributed by atoms with Gasteiger partial charge in [0.2, 0.25) is 0 Å². The van der Waals surface area contributed by atoms with Gasteiger partial charge in [0.15, 0.2) is 5.78 Å². The molecule has 3 aliphatic heterocycles. The summed E-state index contributed by atoms with van der Waals surface area (Å²) in [6, 6.07) is 0. The lowest BCUT2D eigenvalue weighted by Gasteiger charge is -2.42. The number of Topliss-reactive ketones (excluding diaryl/α,β-unsaturated/α-hetero) is 1. The summed E-state index contributed by atoms with van der Waals surface area (Å²) in [5, 5.41) is 0. The molecule has 0 aromatic carbocycles. The lowest BCUT2D eigenvalue weighted by Crippen LogP contribution is -2.47. The van der Waals surface area contributed by atoms with Gasteiger partial charge in [0.1, 0.15) is 11.7 Å². The summed E-state index contributed by atoms with van der Waals surface area (Å²) >= 11 is 0. The van der Waals surface area contributed by atoms with Crippen molar-refractivity contribution < 1.29 is 19.1 Å². The summed E-state index contributed by atoms with van der Waals surface area (Å²) in [6.07, 6.45) is 1.53. The van der Waals surface area contributed by atoms with Crippen LogP contribution in [-0.4, -0.2) is 29.1 Å². The first-order valence-corrected chi connectivity index (χ1v) is 6.71. The Morgan fingerprint density at radius 3 is 2.84 bits per heavy atom. The third kappa shape index (κ3) is 1.10. The second kappa shape index (κ2) is 3.01. The van der Waals surface area contributed by atoms with Gasteiger partial charge in [-0.3, -0.25) is 4.79 Å². The first-order valence-electron chi connectivity index (χ1n) is 6.71. The molecule has 3 fully saturated rings. The van der Waals surface area contributed by atoms with Gasteiger partial charge in [-0.1, -0.05) is 12.2 Å². The minimum Gasteiger partial charge on any atom is -0.455 e. The summed E-state index contributed by atoms with van der Waals surface area (Å²) in [4.78, 5) is 23.7. The van der Waals surface area contributed by atoms with Gasteiger partial charge in [-0.25, -0.2) is 4.79 Å². The van der Waals surface area contributed by atoms with Crippen LogP contribution in [0.4, 0.5) is 0 Å². The molecule has 4 heteroatoms. The summed E-state index contributed by atoms with van der Waals surface area (Å²) < 4.78 is 11.7. The predicted octanol–water partition coefficient (Wildman–Crippen LogP) is 1.70. The van der Waals surface area contributed by atoms with Gasteiger partial charge in [-0.15, -0.1) is 0 Å². The van der Waals surface area contributed by atoms with Crippen molar-refractivity contribution in [3.05, 3.63) is 23.3 Å². The fourth-order valence-electron chi connectivity index (χ4n) is 4.32. The van der Waals surface area contributed by atoms with Crippen LogP contribution in [0.25, 0.3) is 0 Å². The zero-order valence-electron chi connectivity index (χ0n) is 11.1. The number of hydrogen-bond donors (Lipinski definition) is 0. The summed E-state index contributed by atoms with van der Waals surface area (Å²) in [5.41, 5.74) is 1.30. The molecule has 1 spiro atoms. The Kier molecular flexibility index (Phi) is 1.81. The zero-order valence-corrected chi connectivity index (χ0v) is 11.1. The molecule has 4 atom stereocenters. The standard InChI is InChI=1S/C15H16O4/c1-7-9-5-15-8(2)13(17)18-12(15)6-14(3,19-15)10(9)4-11(7)16/h10,12H,2,4-6H2,1,3H3/t10-,12+,14-,15+/m1/s1. The van der Waals surface area contributed by atoms with Crippen LogP contribution in [0.2, 0.25) is 0 Å². The largest absolute Gasteiger partial charge is 0.455 e. The third-order valence-electron chi connectivity index (χ3n) is 5.43. The maximum Gasteiger partial charge on any atom is 0.336 e. The van der Waals surface area contributed by atoms with Crippen LogP contribution in [0, 0.1) is 5.92 Å². The maximum absolute atomic E-state index is 12.0. The van der Waals surface area contributed by atoms with E-state index in [-0.39, 0.29) is 23.8 Å². The fourth-order valence-corrected chi connectivity index (χ4v) is 4.32. The summed E-state index contributed by atoms with van der Waals surface area (Å²) in [5.74, 6) is -0.00279. The van der Waals surface area contributed by atoms with Crippen molar-refractivity contribution in [1.82, 2.24) is 0 Å². The van der Waals surface area contributed by atoms with Gasteiger partial charge in [0.05, 0.1) is 11.2 Å². The Labute approximate surface area is 111 Å². The molecule has 0 aromatic rings. The molecule has 0 radical (unpaired) electrons. The van der Waals surface area contributed by atoms with E-state index in [2.05, 4.69) is 6.58 Å². The molecule has 4 nitrogen and oxygen atoms in total. The van der Waals surface area contributed by atoms with Crippen molar-refractivity contribution >= 4 is 11.8 Å². The molecular formula is C15H16O4. The first-order chi connectivity index (χ1) is 8.87. The summed E-state index contributed by atoms with van der Waals surface area (Å²) in [6.45, 7) is 7.79. The molecule has 3 heterocycles. The van der Waals surface area contributed by atoms with Crippen LogP contribution in [0.1, 0.15) is 33.1 Å². The summed E-state index contributed by atoms with van der Waals surface area (Å²) in [7, 11) is 0. The van der Waals surface area contributed by atoms with Crippen LogP contribution in [-0.2, 0) is 19.1 Å². The van der Waals surface area contributed by atoms with Gasteiger partial charge in [0, 0.05) is 25.2 Å². The van der Waals surface area contributed by atoms with E-state index in [0.29, 0.717) is 24.8 Å². The van der Waals surface area contributed by atoms with Crippen LogP contribution < -0.4 is 0 Å².